The van der Waals surface area contributed by atoms with Crippen LogP contribution in [0.5, 0.6) is 0 Å². The van der Waals surface area contributed by atoms with Gasteiger partial charge in [0.05, 0.1) is 4.47 Å². The molecule has 0 amide bonds. The maximum atomic E-state index is 5.86. The molecule has 0 radical (unpaired) electrons. The van der Waals surface area contributed by atoms with Crippen molar-refractivity contribution in [1.82, 2.24) is 14.6 Å². The highest BCUT2D eigenvalue weighted by Crippen LogP contribution is 2.26. The summed E-state index contributed by atoms with van der Waals surface area (Å²) in [5.41, 5.74) is 9.51. The molecule has 1 aromatic carbocycles. The molecule has 0 saturated carbocycles. The second kappa shape index (κ2) is 4.10. The summed E-state index contributed by atoms with van der Waals surface area (Å²) in [6.07, 6.45) is 1.84. The van der Waals surface area contributed by atoms with Gasteiger partial charge in [-0.15, -0.1) is 10.2 Å². The number of pyridine rings is 1. The average Bonchev–Trinajstić information content (AvgIpc) is 2.73. The Morgan fingerprint density at radius 3 is 2.78 bits per heavy atom. The molecule has 3 aromatic rings. The number of benzene rings is 1. The Morgan fingerprint density at radius 1 is 1.22 bits per heavy atom. The zero-order chi connectivity index (χ0) is 12.7. The topological polar surface area (TPSA) is 56.2 Å². The normalized spacial score (nSPS) is 11.0. The molecule has 2 aromatic heterocycles. The van der Waals surface area contributed by atoms with Crippen LogP contribution < -0.4 is 5.73 Å². The summed E-state index contributed by atoms with van der Waals surface area (Å²) in [6.45, 7) is 2.05. The van der Waals surface area contributed by atoms with Crippen molar-refractivity contribution < 1.29 is 0 Å². The predicted molar refractivity (Wildman–Crippen MR) is 75.3 cm³/mol. The summed E-state index contributed by atoms with van der Waals surface area (Å²) in [6, 6.07) is 9.91. The number of halogens is 1. The number of nitrogen functional groups attached to an aromatic ring is 1. The van der Waals surface area contributed by atoms with Gasteiger partial charge in [-0.2, -0.15) is 0 Å². The van der Waals surface area contributed by atoms with Gasteiger partial charge in [-0.25, -0.2) is 0 Å². The Hall–Kier alpha value is -1.88. The molecule has 2 N–H and O–H groups in total. The van der Waals surface area contributed by atoms with Gasteiger partial charge in [-0.3, -0.25) is 4.40 Å². The van der Waals surface area contributed by atoms with E-state index in [2.05, 4.69) is 39.1 Å². The van der Waals surface area contributed by atoms with Crippen LogP contribution in [0.25, 0.3) is 17.0 Å². The summed E-state index contributed by atoms with van der Waals surface area (Å²) in [7, 11) is 0. The molecule has 0 aliphatic carbocycles. The third-order valence-corrected chi connectivity index (χ3v) is 3.45. The quantitative estimate of drug-likeness (QED) is 0.751. The Balaban J connectivity index is 2.34. The number of aromatic nitrogens is 3. The highest BCUT2D eigenvalue weighted by molar-refractivity contribution is 9.10. The lowest BCUT2D eigenvalue weighted by Gasteiger charge is -2.05. The van der Waals surface area contributed by atoms with E-state index in [0.717, 1.165) is 27.1 Å². The largest absolute Gasteiger partial charge is 0.397 e. The van der Waals surface area contributed by atoms with Crippen molar-refractivity contribution in [3.8, 4) is 11.4 Å². The molecular weight excluding hydrogens is 292 g/mol. The van der Waals surface area contributed by atoms with Gasteiger partial charge in [0, 0.05) is 17.4 Å². The molecule has 0 atom stereocenters. The number of nitrogens with two attached hydrogens (primary N) is 1. The molecule has 0 fully saturated rings. The van der Waals surface area contributed by atoms with Crippen LogP contribution in [0.1, 0.15) is 5.56 Å². The minimum atomic E-state index is 0.670. The van der Waals surface area contributed by atoms with Gasteiger partial charge in [0.15, 0.2) is 11.5 Å². The third kappa shape index (κ3) is 1.67. The summed E-state index contributed by atoms with van der Waals surface area (Å²) in [5, 5.41) is 8.44. The first-order valence-electron chi connectivity index (χ1n) is 5.52. The molecule has 0 spiro atoms. The fourth-order valence-electron chi connectivity index (χ4n) is 1.98. The molecule has 3 rings (SSSR count). The molecule has 18 heavy (non-hydrogen) atoms. The minimum Gasteiger partial charge on any atom is -0.397 e. The number of aryl methyl sites for hydroxylation is 1. The number of anilines is 1. The van der Waals surface area contributed by atoms with Gasteiger partial charge in [-0.05, 0) is 34.5 Å². The smallest absolute Gasteiger partial charge is 0.175 e. The van der Waals surface area contributed by atoms with E-state index < -0.39 is 0 Å². The fraction of sp³-hybridized carbons (Fsp3) is 0.0769. The highest BCUT2D eigenvalue weighted by atomic mass is 79.9. The summed E-state index contributed by atoms with van der Waals surface area (Å²) >= 11 is 3.45. The predicted octanol–water partition coefficient (Wildman–Crippen LogP) is 3.05. The first kappa shape index (κ1) is 11.2. The maximum absolute atomic E-state index is 5.86. The molecule has 0 unspecified atom stereocenters. The monoisotopic (exact) mass is 302 g/mol. The van der Waals surface area contributed by atoms with Gasteiger partial charge in [0.2, 0.25) is 0 Å². The standard InChI is InChI=1S/C13H11BrN4/c1-8-4-2-3-5-10(8)12-16-17-13-11(14)6-9(15)7-18(12)13/h2-7H,15H2,1H3. The van der Waals surface area contributed by atoms with E-state index in [1.807, 2.05) is 34.9 Å². The van der Waals surface area contributed by atoms with Crippen LogP contribution in [0, 0.1) is 6.92 Å². The number of rotatable bonds is 1. The number of hydrogen-bond donors (Lipinski definition) is 1. The van der Waals surface area contributed by atoms with Gasteiger partial charge in [0.25, 0.3) is 0 Å². The van der Waals surface area contributed by atoms with E-state index in [1.54, 1.807) is 0 Å². The van der Waals surface area contributed by atoms with Crippen LogP contribution in [0.2, 0.25) is 0 Å². The second-order valence-electron chi connectivity index (χ2n) is 4.15. The zero-order valence-corrected chi connectivity index (χ0v) is 11.3. The Morgan fingerprint density at radius 2 is 2.00 bits per heavy atom. The van der Waals surface area contributed by atoms with Gasteiger partial charge >= 0.3 is 0 Å². The van der Waals surface area contributed by atoms with Gasteiger partial charge < -0.3 is 5.73 Å². The van der Waals surface area contributed by atoms with Crippen molar-refractivity contribution in [2.45, 2.75) is 6.92 Å². The lowest BCUT2D eigenvalue weighted by atomic mass is 10.1. The number of hydrogen-bond acceptors (Lipinski definition) is 3. The van der Waals surface area contributed by atoms with Gasteiger partial charge in [-0.1, -0.05) is 24.3 Å². The highest BCUT2D eigenvalue weighted by Gasteiger charge is 2.12. The molecule has 0 aliphatic heterocycles. The van der Waals surface area contributed by atoms with Gasteiger partial charge in [0.1, 0.15) is 0 Å². The molecule has 4 nitrogen and oxygen atoms in total. The van der Waals surface area contributed by atoms with E-state index in [4.69, 9.17) is 5.73 Å². The molecule has 0 bridgehead atoms. The van der Waals surface area contributed by atoms with E-state index in [1.165, 1.54) is 0 Å². The van der Waals surface area contributed by atoms with E-state index in [0.29, 0.717) is 5.69 Å². The number of fused-ring (bicyclic) bond motifs is 1. The fourth-order valence-corrected chi connectivity index (χ4v) is 2.52. The second-order valence-corrected chi connectivity index (χ2v) is 5.01. The molecule has 0 saturated heterocycles. The van der Waals surface area contributed by atoms with Crippen molar-refractivity contribution in [2.75, 3.05) is 5.73 Å². The SMILES string of the molecule is Cc1ccccc1-c1nnc2c(Br)cc(N)cn12. The molecule has 90 valence electrons. The van der Waals surface area contributed by atoms with Crippen molar-refractivity contribution >= 4 is 27.3 Å². The third-order valence-electron chi connectivity index (χ3n) is 2.87. The van der Waals surface area contributed by atoms with E-state index in [9.17, 15) is 0 Å². The zero-order valence-electron chi connectivity index (χ0n) is 9.76. The van der Waals surface area contributed by atoms with Crippen LogP contribution in [0.3, 0.4) is 0 Å². The molecule has 0 aliphatic rings. The van der Waals surface area contributed by atoms with Crippen molar-refractivity contribution in [3.05, 3.63) is 46.6 Å². The van der Waals surface area contributed by atoms with Crippen molar-refractivity contribution in [2.24, 2.45) is 0 Å². The van der Waals surface area contributed by atoms with Crippen LogP contribution in [0.4, 0.5) is 5.69 Å². The Labute approximate surface area is 113 Å². The number of nitrogens with zero attached hydrogens (tertiary/aromatic N) is 3. The van der Waals surface area contributed by atoms with Crippen molar-refractivity contribution in [1.29, 1.82) is 0 Å². The summed E-state index contributed by atoms with van der Waals surface area (Å²) in [5.74, 6) is 0.802. The van der Waals surface area contributed by atoms with Crippen LogP contribution in [0.15, 0.2) is 41.0 Å². The summed E-state index contributed by atoms with van der Waals surface area (Å²) < 4.78 is 2.75. The van der Waals surface area contributed by atoms with E-state index in [-0.39, 0.29) is 0 Å². The van der Waals surface area contributed by atoms with Crippen LogP contribution in [-0.2, 0) is 0 Å². The maximum Gasteiger partial charge on any atom is 0.175 e. The average molecular weight is 303 g/mol. The van der Waals surface area contributed by atoms with E-state index >= 15 is 0 Å². The first-order chi connectivity index (χ1) is 8.66. The molecule has 2 heterocycles. The van der Waals surface area contributed by atoms with Crippen molar-refractivity contribution in [3.63, 3.8) is 0 Å². The first-order valence-corrected chi connectivity index (χ1v) is 6.32. The minimum absolute atomic E-state index is 0.670. The summed E-state index contributed by atoms with van der Waals surface area (Å²) in [4.78, 5) is 0. The van der Waals surface area contributed by atoms with Crippen LogP contribution in [-0.4, -0.2) is 14.6 Å². The molecular formula is C13H11BrN4. The lowest BCUT2D eigenvalue weighted by Crippen LogP contribution is -1.95. The lowest BCUT2D eigenvalue weighted by molar-refractivity contribution is 1.11. The Bertz CT molecular complexity index is 733. The van der Waals surface area contributed by atoms with Crippen LogP contribution >= 0.6 is 15.9 Å². The Kier molecular flexibility index (Phi) is 2.56. The molecule has 5 heteroatoms.